The molecule has 10 heteroatoms. The number of amides is 1. The van der Waals surface area contributed by atoms with Crippen LogP contribution in [0.5, 0.6) is 11.5 Å². The number of benzene rings is 3. The first-order chi connectivity index (χ1) is 19.1. The molecule has 4 aromatic rings. The van der Waals surface area contributed by atoms with Crippen LogP contribution in [0.2, 0.25) is 0 Å². The first kappa shape index (κ1) is 29.1. The molecule has 0 saturated heterocycles. The second-order valence-corrected chi connectivity index (χ2v) is 12.1. The molecule has 0 saturated carbocycles. The fraction of sp³-hybridized carbons (Fsp3) is 0.300. The number of aliphatic hydroxyl groups is 1. The minimum atomic E-state index is -3.95. The number of aromatic nitrogens is 1. The van der Waals surface area contributed by atoms with E-state index in [1.54, 1.807) is 24.3 Å². The van der Waals surface area contributed by atoms with Crippen LogP contribution in [0.4, 0.5) is 0 Å². The Morgan fingerprint density at radius 3 is 2.35 bits per heavy atom. The summed E-state index contributed by atoms with van der Waals surface area (Å²) >= 11 is 0. The van der Waals surface area contributed by atoms with Crippen LogP contribution in [-0.4, -0.2) is 66.2 Å². The van der Waals surface area contributed by atoms with Crippen molar-refractivity contribution in [3.8, 4) is 11.5 Å². The highest BCUT2D eigenvalue weighted by molar-refractivity contribution is 7.89. The third kappa shape index (κ3) is 7.01. The van der Waals surface area contributed by atoms with E-state index in [-0.39, 0.29) is 41.8 Å². The van der Waals surface area contributed by atoms with Gasteiger partial charge in [0.2, 0.25) is 10.0 Å². The summed E-state index contributed by atoms with van der Waals surface area (Å²) in [5.74, 6) is 0.142. The number of hydrogen-bond donors (Lipinski definition) is 4. The van der Waals surface area contributed by atoms with Gasteiger partial charge in [-0.15, -0.1) is 0 Å². The van der Waals surface area contributed by atoms with Gasteiger partial charge < -0.3 is 25.3 Å². The largest absolute Gasteiger partial charge is 0.508 e. The summed E-state index contributed by atoms with van der Waals surface area (Å²) in [6, 6.07) is 21.1. The van der Waals surface area contributed by atoms with E-state index >= 15 is 0 Å². The van der Waals surface area contributed by atoms with E-state index in [9.17, 15) is 23.4 Å². The number of phenolic OH excluding ortho intramolecular Hbond substituents is 1. The van der Waals surface area contributed by atoms with Crippen LogP contribution in [0.1, 0.15) is 29.9 Å². The molecule has 0 spiro atoms. The van der Waals surface area contributed by atoms with Crippen LogP contribution in [0, 0.1) is 5.92 Å². The van der Waals surface area contributed by atoms with Crippen LogP contribution in [0.25, 0.3) is 10.9 Å². The average molecular weight is 566 g/mol. The molecule has 212 valence electrons. The predicted molar refractivity (Wildman–Crippen MR) is 154 cm³/mol. The van der Waals surface area contributed by atoms with Crippen LogP contribution in [-0.2, 0) is 16.4 Å². The highest BCUT2D eigenvalue weighted by Gasteiger charge is 2.31. The van der Waals surface area contributed by atoms with Crippen molar-refractivity contribution in [3.05, 3.63) is 90.1 Å². The number of carbonyl (C=O) groups excluding carboxylic acids is 1. The lowest BCUT2D eigenvalue weighted by molar-refractivity contribution is 0.0772. The van der Waals surface area contributed by atoms with Crippen molar-refractivity contribution in [1.29, 1.82) is 0 Å². The molecule has 9 nitrogen and oxygen atoms in total. The van der Waals surface area contributed by atoms with Crippen molar-refractivity contribution < 1.29 is 28.2 Å². The van der Waals surface area contributed by atoms with Gasteiger partial charge >= 0.3 is 0 Å². The van der Waals surface area contributed by atoms with Gasteiger partial charge in [-0.25, -0.2) is 8.42 Å². The van der Waals surface area contributed by atoms with E-state index in [1.807, 2.05) is 44.2 Å². The molecule has 3 aromatic carbocycles. The summed E-state index contributed by atoms with van der Waals surface area (Å²) in [4.78, 5) is 16.4. The molecular formula is C30H35N3O6S. The number of methoxy groups -OCH3 is 1. The normalized spacial score (nSPS) is 13.4. The monoisotopic (exact) mass is 565 g/mol. The smallest absolute Gasteiger partial charge is 0.268 e. The Labute approximate surface area is 234 Å². The second kappa shape index (κ2) is 12.5. The van der Waals surface area contributed by atoms with Crippen molar-refractivity contribution in [2.45, 2.75) is 37.3 Å². The number of aromatic amines is 1. The minimum Gasteiger partial charge on any atom is -0.508 e. The third-order valence-electron chi connectivity index (χ3n) is 6.59. The fourth-order valence-corrected chi connectivity index (χ4v) is 6.17. The Kier molecular flexibility index (Phi) is 9.14. The number of H-pyrrole nitrogens is 1. The van der Waals surface area contributed by atoms with Gasteiger partial charge in [0.15, 0.2) is 0 Å². The molecule has 4 rings (SSSR count). The Morgan fingerprint density at radius 1 is 1.00 bits per heavy atom. The maximum atomic E-state index is 13.6. The first-order valence-electron chi connectivity index (χ1n) is 13.1. The zero-order valence-electron chi connectivity index (χ0n) is 22.7. The number of nitrogens with one attached hydrogen (secondary N) is 2. The molecule has 0 fully saturated rings. The lowest BCUT2D eigenvalue weighted by Gasteiger charge is -2.30. The Bertz CT molecular complexity index is 1530. The summed E-state index contributed by atoms with van der Waals surface area (Å²) in [6.07, 6.45) is -0.934. The van der Waals surface area contributed by atoms with Gasteiger partial charge in [0.05, 0.1) is 24.2 Å². The third-order valence-corrected chi connectivity index (χ3v) is 8.43. The van der Waals surface area contributed by atoms with Gasteiger partial charge in [-0.3, -0.25) is 4.79 Å². The number of phenols is 1. The molecular weight excluding hydrogens is 530 g/mol. The molecule has 0 aliphatic heterocycles. The van der Waals surface area contributed by atoms with Gasteiger partial charge in [-0.05, 0) is 60.4 Å². The Morgan fingerprint density at radius 2 is 1.70 bits per heavy atom. The number of carbonyl (C=O) groups is 1. The molecule has 40 heavy (non-hydrogen) atoms. The predicted octanol–water partition coefficient (Wildman–Crippen LogP) is 3.93. The molecule has 2 atom stereocenters. The van der Waals surface area contributed by atoms with Crippen molar-refractivity contribution in [2.24, 2.45) is 5.92 Å². The number of fused-ring (bicyclic) bond motifs is 1. The zero-order valence-corrected chi connectivity index (χ0v) is 23.6. The number of ether oxygens (including phenoxy) is 1. The quantitative estimate of drug-likeness (QED) is 0.206. The van der Waals surface area contributed by atoms with Gasteiger partial charge in [-0.2, -0.15) is 4.31 Å². The number of sulfonamides is 1. The van der Waals surface area contributed by atoms with Crippen molar-refractivity contribution in [3.63, 3.8) is 0 Å². The second-order valence-electron chi connectivity index (χ2n) is 10.2. The highest BCUT2D eigenvalue weighted by atomic mass is 32.2. The highest BCUT2D eigenvalue weighted by Crippen LogP contribution is 2.23. The summed E-state index contributed by atoms with van der Waals surface area (Å²) in [5, 5.41) is 24.8. The number of hydrogen-bond acceptors (Lipinski definition) is 6. The average Bonchev–Trinajstić information content (AvgIpc) is 3.36. The molecule has 0 aliphatic carbocycles. The van der Waals surface area contributed by atoms with Crippen LogP contribution < -0.4 is 10.1 Å². The molecule has 1 aromatic heterocycles. The van der Waals surface area contributed by atoms with E-state index in [0.717, 1.165) is 10.9 Å². The summed E-state index contributed by atoms with van der Waals surface area (Å²) in [7, 11) is -2.44. The summed E-state index contributed by atoms with van der Waals surface area (Å²) in [5.41, 5.74) is 1.73. The molecule has 0 radical (unpaired) electrons. The maximum Gasteiger partial charge on any atom is 0.268 e. The van der Waals surface area contributed by atoms with E-state index in [1.165, 1.54) is 35.7 Å². The maximum absolute atomic E-state index is 13.6. The molecule has 0 bridgehead atoms. The Hall–Kier alpha value is -3.86. The van der Waals surface area contributed by atoms with Crippen molar-refractivity contribution >= 4 is 26.8 Å². The van der Waals surface area contributed by atoms with Crippen molar-refractivity contribution in [2.75, 3.05) is 20.2 Å². The van der Waals surface area contributed by atoms with Gasteiger partial charge in [-0.1, -0.05) is 44.2 Å². The van der Waals surface area contributed by atoms with Gasteiger partial charge in [0.1, 0.15) is 17.2 Å². The standard InChI is InChI=1S/C30H35N3O6S/c1-20(2)18-33(40(37,38)25-13-11-24(39-3)12-14-25)19-29(35)27(15-21-7-5-4-6-8-21)32-30(36)28-16-22-9-10-23(34)17-26(22)31-28/h4-14,16-17,20,27,29,31,34-35H,15,18-19H2,1-3H3,(H,32,36)/t27-,29+/m0/s1. The zero-order chi connectivity index (χ0) is 28.9. The molecule has 1 amide bonds. The SMILES string of the molecule is COc1ccc(S(=O)(=O)N(CC(C)C)C[C@@H](O)[C@H](Cc2ccccc2)NC(=O)c2cc3ccc(O)cc3[nH]2)cc1. The molecule has 1 heterocycles. The summed E-state index contributed by atoms with van der Waals surface area (Å²) < 4.78 is 33.6. The summed E-state index contributed by atoms with van der Waals surface area (Å²) in [6.45, 7) is 3.77. The van der Waals surface area contributed by atoms with E-state index in [2.05, 4.69) is 10.3 Å². The van der Waals surface area contributed by atoms with Crippen LogP contribution in [0.3, 0.4) is 0 Å². The van der Waals surface area contributed by atoms with Gasteiger partial charge in [0.25, 0.3) is 5.91 Å². The topological polar surface area (TPSA) is 132 Å². The number of nitrogens with zero attached hydrogens (tertiary/aromatic N) is 1. The van der Waals surface area contributed by atoms with Crippen LogP contribution in [0.15, 0.2) is 83.8 Å². The Balaban J connectivity index is 1.60. The fourth-order valence-electron chi connectivity index (χ4n) is 4.55. The lowest BCUT2D eigenvalue weighted by Crippen LogP contribution is -2.51. The molecule has 4 N–H and O–H groups in total. The lowest BCUT2D eigenvalue weighted by atomic mass is 10.0. The first-order valence-corrected chi connectivity index (χ1v) is 14.5. The number of aliphatic hydroxyl groups excluding tert-OH is 1. The van der Waals surface area contributed by atoms with Crippen LogP contribution >= 0.6 is 0 Å². The van der Waals surface area contributed by atoms with E-state index in [0.29, 0.717) is 11.3 Å². The number of rotatable bonds is 12. The molecule has 0 aliphatic rings. The van der Waals surface area contributed by atoms with Gasteiger partial charge in [0, 0.05) is 30.1 Å². The van der Waals surface area contributed by atoms with Crippen molar-refractivity contribution in [1.82, 2.24) is 14.6 Å². The minimum absolute atomic E-state index is 0.00912. The van der Waals surface area contributed by atoms with E-state index in [4.69, 9.17) is 4.74 Å². The molecule has 0 unspecified atom stereocenters. The van der Waals surface area contributed by atoms with E-state index < -0.39 is 28.1 Å². The number of aromatic hydroxyl groups is 1.